The van der Waals surface area contributed by atoms with Gasteiger partial charge in [-0.05, 0) is 26.0 Å². The summed E-state index contributed by atoms with van der Waals surface area (Å²) in [7, 11) is 1.66. The molecule has 6 heteroatoms. The molecule has 0 aliphatic heterocycles. The minimum atomic E-state index is -0.116. The molecular formula is C15H25ClN2O3. The second-order valence-corrected chi connectivity index (χ2v) is 4.66. The highest BCUT2D eigenvalue weighted by atomic mass is 35.5. The van der Waals surface area contributed by atoms with Crippen LogP contribution in [0.2, 0.25) is 0 Å². The molecule has 2 N–H and O–H groups in total. The van der Waals surface area contributed by atoms with E-state index in [1.54, 1.807) is 13.2 Å². The standard InChI is InChI=1S/C15H24N2O3.ClH/c1-12(2)20-14-7-5-4-6-13(14)15(18)17-9-8-16-10-11-19-3;/h4-7,12,16H,8-11H2,1-3H3,(H,17,18);1H. The van der Waals surface area contributed by atoms with Gasteiger partial charge in [-0.1, -0.05) is 12.1 Å². The number of hydrogen-bond donors (Lipinski definition) is 2. The number of benzene rings is 1. The van der Waals surface area contributed by atoms with Gasteiger partial charge in [-0.15, -0.1) is 12.4 Å². The number of nitrogens with one attached hydrogen (secondary N) is 2. The van der Waals surface area contributed by atoms with E-state index in [-0.39, 0.29) is 24.4 Å². The van der Waals surface area contributed by atoms with E-state index in [1.165, 1.54) is 0 Å². The van der Waals surface area contributed by atoms with Gasteiger partial charge in [-0.25, -0.2) is 0 Å². The molecule has 0 heterocycles. The van der Waals surface area contributed by atoms with E-state index < -0.39 is 0 Å². The Morgan fingerprint density at radius 3 is 2.57 bits per heavy atom. The van der Waals surface area contributed by atoms with Crippen LogP contribution in [-0.2, 0) is 4.74 Å². The predicted molar refractivity (Wildman–Crippen MR) is 86.5 cm³/mol. The molecule has 0 aliphatic carbocycles. The quantitative estimate of drug-likeness (QED) is 0.683. The molecule has 0 atom stereocenters. The summed E-state index contributed by atoms with van der Waals surface area (Å²) in [5.74, 6) is 0.502. The molecular weight excluding hydrogens is 292 g/mol. The molecule has 0 aromatic heterocycles. The number of amides is 1. The lowest BCUT2D eigenvalue weighted by molar-refractivity contribution is 0.0948. The van der Waals surface area contributed by atoms with E-state index in [9.17, 15) is 4.79 Å². The molecule has 0 fully saturated rings. The minimum absolute atomic E-state index is 0. The summed E-state index contributed by atoms with van der Waals surface area (Å²) in [6.07, 6.45) is 0.0414. The maximum Gasteiger partial charge on any atom is 0.255 e. The number of methoxy groups -OCH3 is 1. The van der Waals surface area contributed by atoms with Crippen molar-refractivity contribution in [2.24, 2.45) is 0 Å². The van der Waals surface area contributed by atoms with Gasteiger partial charge in [0.05, 0.1) is 18.3 Å². The fourth-order valence-corrected chi connectivity index (χ4v) is 1.67. The molecule has 5 nitrogen and oxygen atoms in total. The Bertz CT molecular complexity index is 414. The van der Waals surface area contributed by atoms with Crippen molar-refractivity contribution in [1.82, 2.24) is 10.6 Å². The van der Waals surface area contributed by atoms with Crippen molar-refractivity contribution in [3.05, 3.63) is 29.8 Å². The molecule has 0 bridgehead atoms. The summed E-state index contributed by atoms with van der Waals surface area (Å²) in [5.41, 5.74) is 0.568. The van der Waals surface area contributed by atoms with Crippen LogP contribution in [0.3, 0.4) is 0 Å². The lowest BCUT2D eigenvalue weighted by Crippen LogP contribution is -2.33. The van der Waals surface area contributed by atoms with Crippen molar-refractivity contribution in [3.8, 4) is 5.75 Å². The normalized spacial score (nSPS) is 10.1. The van der Waals surface area contributed by atoms with E-state index in [2.05, 4.69) is 10.6 Å². The van der Waals surface area contributed by atoms with Crippen LogP contribution in [0.4, 0.5) is 0 Å². The van der Waals surface area contributed by atoms with Crippen LogP contribution in [0, 0.1) is 0 Å². The van der Waals surface area contributed by atoms with E-state index in [0.717, 1.165) is 6.54 Å². The average Bonchev–Trinajstić information content (AvgIpc) is 2.42. The highest BCUT2D eigenvalue weighted by Crippen LogP contribution is 2.18. The van der Waals surface area contributed by atoms with Crippen LogP contribution < -0.4 is 15.4 Å². The van der Waals surface area contributed by atoms with Gasteiger partial charge >= 0.3 is 0 Å². The van der Waals surface area contributed by atoms with Crippen molar-refractivity contribution in [1.29, 1.82) is 0 Å². The Hall–Kier alpha value is -1.30. The lowest BCUT2D eigenvalue weighted by atomic mass is 10.2. The lowest BCUT2D eigenvalue weighted by Gasteiger charge is -2.14. The van der Waals surface area contributed by atoms with Gasteiger partial charge in [0.15, 0.2) is 0 Å². The third kappa shape index (κ3) is 7.90. The van der Waals surface area contributed by atoms with Gasteiger partial charge in [0, 0.05) is 26.7 Å². The average molecular weight is 317 g/mol. The van der Waals surface area contributed by atoms with Gasteiger partial charge in [-0.3, -0.25) is 4.79 Å². The molecule has 1 aromatic carbocycles. The Kier molecular flexibility index (Phi) is 10.7. The van der Waals surface area contributed by atoms with Gasteiger partial charge in [0.25, 0.3) is 5.91 Å². The maximum absolute atomic E-state index is 12.1. The Morgan fingerprint density at radius 2 is 1.90 bits per heavy atom. The molecule has 0 radical (unpaired) electrons. The molecule has 120 valence electrons. The maximum atomic E-state index is 12.1. The zero-order valence-corrected chi connectivity index (χ0v) is 13.7. The summed E-state index contributed by atoms with van der Waals surface area (Å²) < 4.78 is 10.6. The highest BCUT2D eigenvalue weighted by Gasteiger charge is 2.12. The SMILES string of the molecule is COCCNCCNC(=O)c1ccccc1OC(C)C.Cl. The van der Waals surface area contributed by atoms with Crippen LogP contribution in [0.1, 0.15) is 24.2 Å². The first kappa shape index (κ1) is 19.7. The van der Waals surface area contributed by atoms with Crippen molar-refractivity contribution in [3.63, 3.8) is 0 Å². The molecule has 1 aromatic rings. The molecule has 21 heavy (non-hydrogen) atoms. The molecule has 0 saturated carbocycles. The minimum Gasteiger partial charge on any atom is -0.490 e. The number of carbonyl (C=O) groups is 1. The summed E-state index contributed by atoms with van der Waals surface area (Å²) in [6.45, 7) is 6.60. The third-order valence-corrected chi connectivity index (χ3v) is 2.56. The monoisotopic (exact) mass is 316 g/mol. The highest BCUT2D eigenvalue weighted by molar-refractivity contribution is 5.96. The van der Waals surface area contributed by atoms with Crippen LogP contribution >= 0.6 is 12.4 Å². The molecule has 0 saturated heterocycles. The van der Waals surface area contributed by atoms with Crippen LogP contribution in [0.25, 0.3) is 0 Å². The predicted octanol–water partition coefficient (Wildman–Crippen LogP) is 1.86. The number of rotatable bonds is 9. The van der Waals surface area contributed by atoms with Gasteiger partial charge in [0.2, 0.25) is 0 Å². The second kappa shape index (κ2) is 11.4. The fraction of sp³-hybridized carbons (Fsp3) is 0.533. The van der Waals surface area contributed by atoms with Gasteiger partial charge < -0.3 is 20.1 Å². The first-order valence-electron chi connectivity index (χ1n) is 6.88. The molecule has 0 unspecified atom stereocenters. The fourth-order valence-electron chi connectivity index (χ4n) is 1.67. The van der Waals surface area contributed by atoms with Crippen molar-refractivity contribution < 1.29 is 14.3 Å². The van der Waals surface area contributed by atoms with Crippen LogP contribution in [0.5, 0.6) is 5.75 Å². The first-order chi connectivity index (χ1) is 9.65. The summed E-state index contributed by atoms with van der Waals surface area (Å²) in [4.78, 5) is 12.1. The smallest absolute Gasteiger partial charge is 0.255 e. The van der Waals surface area contributed by atoms with E-state index in [1.807, 2.05) is 32.0 Å². The number of ether oxygens (including phenoxy) is 2. The number of para-hydroxylation sites is 1. The van der Waals surface area contributed by atoms with E-state index >= 15 is 0 Å². The summed E-state index contributed by atoms with van der Waals surface area (Å²) in [6, 6.07) is 7.27. The first-order valence-corrected chi connectivity index (χ1v) is 6.88. The topological polar surface area (TPSA) is 59.6 Å². The molecule has 0 spiro atoms. The van der Waals surface area contributed by atoms with E-state index in [0.29, 0.717) is 31.0 Å². The number of hydrogen-bond acceptors (Lipinski definition) is 4. The van der Waals surface area contributed by atoms with Crippen LogP contribution in [-0.4, -0.2) is 45.4 Å². The number of halogens is 1. The van der Waals surface area contributed by atoms with Crippen LogP contribution in [0.15, 0.2) is 24.3 Å². The zero-order valence-electron chi connectivity index (χ0n) is 12.8. The molecule has 0 aliphatic rings. The molecule has 1 rings (SSSR count). The Morgan fingerprint density at radius 1 is 1.19 bits per heavy atom. The second-order valence-electron chi connectivity index (χ2n) is 4.66. The zero-order chi connectivity index (χ0) is 14.8. The third-order valence-electron chi connectivity index (χ3n) is 2.56. The van der Waals surface area contributed by atoms with Crippen molar-refractivity contribution in [2.75, 3.05) is 33.4 Å². The Labute approximate surface area is 132 Å². The summed E-state index contributed by atoms with van der Waals surface area (Å²) >= 11 is 0. The Balaban J connectivity index is 0.00000400. The largest absolute Gasteiger partial charge is 0.490 e. The van der Waals surface area contributed by atoms with Crippen molar-refractivity contribution >= 4 is 18.3 Å². The van der Waals surface area contributed by atoms with Crippen molar-refractivity contribution in [2.45, 2.75) is 20.0 Å². The van der Waals surface area contributed by atoms with Gasteiger partial charge in [-0.2, -0.15) is 0 Å². The number of carbonyl (C=O) groups excluding carboxylic acids is 1. The van der Waals surface area contributed by atoms with E-state index in [4.69, 9.17) is 9.47 Å². The summed E-state index contributed by atoms with van der Waals surface area (Å²) in [5, 5.41) is 6.04. The van der Waals surface area contributed by atoms with Gasteiger partial charge in [0.1, 0.15) is 5.75 Å². The molecule has 1 amide bonds.